The van der Waals surface area contributed by atoms with Gasteiger partial charge in [0, 0.05) is 5.56 Å². The van der Waals surface area contributed by atoms with Gasteiger partial charge in [0.2, 0.25) is 0 Å². The molecule has 168 valence electrons. The van der Waals surface area contributed by atoms with Crippen LogP contribution in [0, 0.1) is 0 Å². The maximum Gasteiger partial charge on any atom is 0.252 e. The molecule has 0 heterocycles. The molecule has 3 heteroatoms. The molecule has 3 aromatic carbocycles. The van der Waals surface area contributed by atoms with Gasteiger partial charge in [-0.3, -0.25) is 4.79 Å². The Hall–Kier alpha value is -3.07. The van der Waals surface area contributed by atoms with Crippen molar-refractivity contribution in [1.29, 1.82) is 0 Å². The first-order valence-corrected chi connectivity index (χ1v) is 11.1. The molecule has 0 saturated carbocycles. The van der Waals surface area contributed by atoms with Crippen molar-refractivity contribution in [3.63, 3.8) is 0 Å². The van der Waals surface area contributed by atoms with Crippen LogP contribution >= 0.6 is 0 Å². The minimum Gasteiger partial charge on any atom is -0.497 e. The van der Waals surface area contributed by atoms with Crippen molar-refractivity contribution in [3.05, 3.63) is 101 Å². The molecule has 32 heavy (non-hydrogen) atoms. The molecule has 0 fully saturated rings. The van der Waals surface area contributed by atoms with E-state index in [1.165, 1.54) is 0 Å². The summed E-state index contributed by atoms with van der Waals surface area (Å²) >= 11 is 0. The summed E-state index contributed by atoms with van der Waals surface area (Å²) in [6, 6.07) is 24.0. The van der Waals surface area contributed by atoms with Gasteiger partial charge in [0.1, 0.15) is 5.75 Å². The lowest BCUT2D eigenvalue weighted by Gasteiger charge is -2.27. The van der Waals surface area contributed by atoms with Crippen LogP contribution in [0.1, 0.15) is 80.2 Å². The Morgan fingerprint density at radius 1 is 0.750 bits per heavy atom. The number of carbonyl (C=O) groups excluding carboxylic acids is 1. The number of benzene rings is 3. The summed E-state index contributed by atoms with van der Waals surface area (Å²) in [5.41, 5.74) is 4.96. The van der Waals surface area contributed by atoms with Gasteiger partial charge in [-0.05, 0) is 57.3 Å². The summed E-state index contributed by atoms with van der Waals surface area (Å²) in [6.45, 7) is 13.1. The lowest BCUT2D eigenvalue weighted by molar-refractivity contribution is 0.0942. The first-order chi connectivity index (χ1) is 15.0. The molecule has 3 rings (SSSR count). The monoisotopic (exact) mass is 429 g/mol. The van der Waals surface area contributed by atoms with E-state index in [1.807, 2.05) is 66.7 Å². The largest absolute Gasteiger partial charge is 0.497 e. The average molecular weight is 430 g/mol. The van der Waals surface area contributed by atoms with Crippen LogP contribution in [0.5, 0.6) is 5.75 Å². The fraction of sp³-hybridized carbons (Fsp3) is 0.345. The van der Waals surface area contributed by atoms with E-state index in [2.05, 4.69) is 52.9 Å². The fourth-order valence-electron chi connectivity index (χ4n) is 3.64. The molecule has 3 nitrogen and oxygen atoms in total. The van der Waals surface area contributed by atoms with Crippen LogP contribution < -0.4 is 10.1 Å². The highest BCUT2D eigenvalue weighted by atomic mass is 16.5. The molecule has 0 aliphatic rings. The minimum absolute atomic E-state index is 0.0505. The van der Waals surface area contributed by atoms with Crippen LogP contribution in [-0.2, 0) is 10.8 Å². The first-order valence-electron chi connectivity index (χ1n) is 11.1. The zero-order valence-electron chi connectivity index (χ0n) is 20.3. The van der Waals surface area contributed by atoms with Gasteiger partial charge in [-0.15, -0.1) is 0 Å². The second-order valence-electron chi connectivity index (χ2n) is 10.4. The third kappa shape index (κ3) is 5.59. The summed E-state index contributed by atoms with van der Waals surface area (Å²) < 4.78 is 5.31. The first kappa shape index (κ1) is 23.6. The Morgan fingerprint density at radius 2 is 1.25 bits per heavy atom. The van der Waals surface area contributed by atoms with Crippen molar-refractivity contribution >= 4 is 5.91 Å². The summed E-state index contributed by atoms with van der Waals surface area (Å²) in [7, 11) is 1.65. The zero-order valence-corrected chi connectivity index (χ0v) is 20.3. The van der Waals surface area contributed by atoms with Gasteiger partial charge in [0.15, 0.2) is 0 Å². The van der Waals surface area contributed by atoms with E-state index in [0.717, 1.165) is 28.0 Å². The highest BCUT2D eigenvalue weighted by Gasteiger charge is 2.24. The van der Waals surface area contributed by atoms with Crippen molar-refractivity contribution in [2.24, 2.45) is 0 Å². The maximum atomic E-state index is 13.5. The Labute approximate surface area is 192 Å². The Kier molecular flexibility index (Phi) is 6.78. The van der Waals surface area contributed by atoms with Gasteiger partial charge in [0.25, 0.3) is 5.91 Å². The summed E-state index contributed by atoms with van der Waals surface area (Å²) in [5, 5.41) is 3.28. The van der Waals surface area contributed by atoms with E-state index >= 15 is 0 Å². The number of carbonyl (C=O) groups is 1. The summed E-state index contributed by atoms with van der Waals surface area (Å²) in [5.74, 6) is 0.714. The Morgan fingerprint density at radius 3 is 1.72 bits per heavy atom. The number of methoxy groups -OCH3 is 1. The van der Waals surface area contributed by atoms with Gasteiger partial charge in [-0.25, -0.2) is 0 Å². The van der Waals surface area contributed by atoms with Crippen molar-refractivity contribution in [3.8, 4) is 5.75 Å². The molecule has 0 saturated heterocycles. The van der Waals surface area contributed by atoms with Crippen molar-refractivity contribution < 1.29 is 9.53 Å². The number of nitrogens with one attached hydrogen (secondary N) is 1. The molecule has 0 bridgehead atoms. The molecule has 0 aliphatic heterocycles. The van der Waals surface area contributed by atoms with Crippen LogP contribution in [0.15, 0.2) is 72.8 Å². The van der Waals surface area contributed by atoms with Crippen LogP contribution in [0.25, 0.3) is 0 Å². The van der Waals surface area contributed by atoms with E-state index in [1.54, 1.807) is 7.11 Å². The average Bonchev–Trinajstić information content (AvgIpc) is 2.76. The molecule has 1 atom stereocenters. The van der Waals surface area contributed by atoms with Crippen LogP contribution in [-0.4, -0.2) is 13.0 Å². The SMILES string of the molecule is COc1ccc([C@@H](NC(=O)c2cc(C(C)(C)C)cc(C(C)(C)C)c2)c2ccccc2)cc1. The number of hydrogen-bond donors (Lipinski definition) is 1. The fourth-order valence-corrected chi connectivity index (χ4v) is 3.64. The van der Waals surface area contributed by atoms with Crippen LogP contribution in [0.3, 0.4) is 0 Å². The van der Waals surface area contributed by atoms with Crippen LogP contribution in [0.2, 0.25) is 0 Å². The van der Waals surface area contributed by atoms with Gasteiger partial charge >= 0.3 is 0 Å². The standard InChI is InChI=1S/C29H35NO2/c1-28(2,3)23-17-22(18-24(19-23)29(4,5)6)27(31)30-26(20-11-9-8-10-12-20)21-13-15-25(32-7)16-14-21/h8-19,26H,1-7H3,(H,30,31)/t26-/m0/s1. The number of hydrogen-bond acceptors (Lipinski definition) is 2. The van der Waals surface area contributed by atoms with E-state index in [9.17, 15) is 4.79 Å². The highest BCUT2D eigenvalue weighted by Crippen LogP contribution is 2.31. The molecule has 0 aliphatic carbocycles. The summed E-state index contributed by atoms with van der Waals surface area (Å²) in [6.07, 6.45) is 0. The molecule has 0 spiro atoms. The second kappa shape index (κ2) is 9.20. The zero-order chi connectivity index (χ0) is 23.5. The second-order valence-corrected chi connectivity index (χ2v) is 10.4. The van der Waals surface area contributed by atoms with E-state index < -0.39 is 0 Å². The third-order valence-corrected chi connectivity index (χ3v) is 5.78. The quantitative estimate of drug-likeness (QED) is 0.484. The van der Waals surface area contributed by atoms with Gasteiger partial charge in [-0.1, -0.05) is 90.1 Å². The van der Waals surface area contributed by atoms with Gasteiger partial charge < -0.3 is 10.1 Å². The van der Waals surface area contributed by atoms with E-state index in [-0.39, 0.29) is 22.8 Å². The smallest absolute Gasteiger partial charge is 0.252 e. The molecule has 1 N–H and O–H groups in total. The van der Waals surface area contributed by atoms with Crippen LogP contribution in [0.4, 0.5) is 0 Å². The molecule has 3 aromatic rings. The molecule has 0 radical (unpaired) electrons. The van der Waals surface area contributed by atoms with Crippen molar-refractivity contribution in [2.75, 3.05) is 7.11 Å². The molecule has 0 unspecified atom stereocenters. The number of rotatable bonds is 5. The number of amides is 1. The molecular weight excluding hydrogens is 394 g/mol. The van der Waals surface area contributed by atoms with Crippen molar-refractivity contribution in [2.45, 2.75) is 58.4 Å². The maximum absolute atomic E-state index is 13.5. The predicted octanol–water partition coefficient (Wildman–Crippen LogP) is 6.81. The topological polar surface area (TPSA) is 38.3 Å². The highest BCUT2D eigenvalue weighted by molar-refractivity contribution is 5.95. The van der Waals surface area contributed by atoms with Gasteiger partial charge in [0.05, 0.1) is 13.2 Å². The molecular formula is C29H35NO2. The Bertz CT molecular complexity index is 1020. The molecule has 0 aromatic heterocycles. The summed E-state index contributed by atoms with van der Waals surface area (Å²) in [4.78, 5) is 13.5. The number of ether oxygens (including phenoxy) is 1. The van der Waals surface area contributed by atoms with E-state index in [0.29, 0.717) is 5.56 Å². The Balaban J connectivity index is 2.02. The lowest BCUT2D eigenvalue weighted by atomic mass is 9.79. The molecule has 1 amide bonds. The lowest BCUT2D eigenvalue weighted by Crippen LogP contribution is -2.30. The minimum atomic E-state index is -0.258. The third-order valence-electron chi connectivity index (χ3n) is 5.78. The van der Waals surface area contributed by atoms with Crippen molar-refractivity contribution in [1.82, 2.24) is 5.32 Å². The van der Waals surface area contributed by atoms with Gasteiger partial charge in [-0.2, -0.15) is 0 Å². The normalized spacial score (nSPS) is 12.8. The predicted molar refractivity (Wildman–Crippen MR) is 133 cm³/mol. The van der Waals surface area contributed by atoms with E-state index in [4.69, 9.17) is 4.74 Å².